The summed E-state index contributed by atoms with van der Waals surface area (Å²) in [6, 6.07) is 16.3. The second-order valence-corrected chi connectivity index (χ2v) is 13.9. The van der Waals surface area contributed by atoms with E-state index in [-0.39, 0.29) is 28.1 Å². The lowest BCUT2D eigenvalue weighted by Crippen LogP contribution is -2.52. The molecule has 304 valence electrons. The molecule has 2 bridgehead atoms. The third-order valence-electron chi connectivity index (χ3n) is 9.45. The molecule has 3 atom stereocenters. The van der Waals surface area contributed by atoms with E-state index in [4.69, 9.17) is 52.1 Å². The molecular formula is C39H37Cl2F4N3O9. The molecule has 0 aliphatic carbocycles. The van der Waals surface area contributed by atoms with Gasteiger partial charge in [-0.2, -0.15) is 17.9 Å². The molecule has 57 heavy (non-hydrogen) atoms. The highest BCUT2D eigenvalue weighted by molar-refractivity contribution is 6.35. The molecule has 3 fully saturated rings. The number of alkyl halides is 3. The van der Waals surface area contributed by atoms with Crippen molar-refractivity contribution in [1.29, 1.82) is 0 Å². The number of carbonyl (C=O) groups excluding carboxylic acids is 2. The Hall–Kier alpha value is -5.32. The van der Waals surface area contributed by atoms with Crippen molar-refractivity contribution in [2.45, 2.75) is 43.7 Å². The minimum absolute atomic E-state index is 0.0560. The summed E-state index contributed by atoms with van der Waals surface area (Å²) >= 11 is 12.8. The quantitative estimate of drug-likeness (QED) is 0.0639. The number of hydrogen-bond donors (Lipinski definition) is 2. The maximum atomic E-state index is 13.8. The number of nitrogens with zero attached hydrogens (tertiary/aromatic N) is 2. The third-order valence-corrected chi connectivity index (χ3v) is 10.1. The molecule has 0 radical (unpaired) electrons. The van der Waals surface area contributed by atoms with Gasteiger partial charge < -0.3 is 34.6 Å². The molecule has 2 N–H and O–H groups in total. The molecule has 1 aromatic heterocycles. The zero-order chi connectivity index (χ0) is 41.4. The number of hydrogen-bond acceptors (Lipinski definition) is 10. The van der Waals surface area contributed by atoms with Crippen LogP contribution in [0.4, 0.5) is 23.2 Å². The van der Waals surface area contributed by atoms with Crippen LogP contribution < -0.4 is 19.5 Å². The number of fused-ring (bicyclic) bond motifs is 3. The van der Waals surface area contributed by atoms with Crippen molar-refractivity contribution in [3.05, 3.63) is 122 Å². The summed E-state index contributed by atoms with van der Waals surface area (Å²) in [4.78, 5) is 38.4. The first-order valence-electron chi connectivity index (χ1n) is 17.4. The number of piperidine rings is 3. The van der Waals surface area contributed by atoms with Crippen molar-refractivity contribution in [2.75, 3.05) is 39.2 Å². The van der Waals surface area contributed by atoms with Gasteiger partial charge in [0.1, 0.15) is 28.1 Å². The molecule has 2 unspecified atom stereocenters. The number of pyridine rings is 1. The molecule has 4 heterocycles. The first-order chi connectivity index (χ1) is 27.1. The van der Waals surface area contributed by atoms with Crippen LogP contribution in [0.1, 0.15) is 52.0 Å². The van der Waals surface area contributed by atoms with Crippen LogP contribution in [0, 0.1) is 16.9 Å². The number of carboxylic acid groups (broad SMARTS) is 1. The number of benzene rings is 3. The monoisotopic (exact) mass is 837 g/mol. The van der Waals surface area contributed by atoms with Crippen LogP contribution in [0.5, 0.6) is 11.5 Å². The Bertz CT molecular complexity index is 2030. The minimum Gasteiger partial charge on any atom is -0.619 e. The number of rotatable bonds is 12. The number of ether oxygens (including phenoxy) is 4. The van der Waals surface area contributed by atoms with Crippen LogP contribution in [-0.4, -0.2) is 74.0 Å². The topological polar surface area (TPSA) is 151 Å². The second kappa shape index (κ2) is 18.7. The number of aliphatic carboxylic acids is 1. The first kappa shape index (κ1) is 42.8. The number of anilines is 1. The number of methoxy groups -OCH3 is 2. The molecule has 4 aromatic rings. The van der Waals surface area contributed by atoms with Gasteiger partial charge in [-0.05, 0) is 91.5 Å². The predicted molar refractivity (Wildman–Crippen MR) is 199 cm³/mol. The molecule has 3 saturated heterocycles. The van der Waals surface area contributed by atoms with Gasteiger partial charge in [0.15, 0.2) is 29.9 Å². The van der Waals surface area contributed by atoms with E-state index in [9.17, 15) is 32.4 Å². The van der Waals surface area contributed by atoms with Crippen molar-refractivity contribution in [3.63, 3.8) is 0 Å². The van der Waals surface area contributed by atoms with E-state index < -0.39 is 42.0 Å². The van der Waals surface area contributed by atoms with Crippen LogP contribution >= 0.6 is 23.2 Å². The normalized spacial score (nSPS) is 18.3. The van der Waals surface area contributed by atoms with Gasteiger partial charge in [-0.25, -0.2) is 18.8 Å². The summed E-state index contributed by atoms with van der Waals surface area (Å²) in [7, 11) is 3.01. The number of carboxylic acids is 1. The van der Waals surface area contributed by atoms with Crippen LogP contribution in [0.2, 0.25) is 10.0 Å². The van der Waals surface area contributed by atoms with Crippen LogP contribution in [0.15, 0.2) is 79.1 Å². The van der Waals surface area contributed by atoms with Crippen LogP contribution in [0.25, 0.3) is 0 Å². The molecule has 0 amide bonds. The van der Waals surface area contributed by atoms with Gasteiger partial charge in [-0.1, -0.05) is 41.4 Å². The number of esters is 2. The van der Waals surface area contributed by atoms with Gasteiger partial charge in [0, 0.05) is 24.2 Å². The number of aromatic nitrogens is 1. The summed E-state index contributed by atoms with van der Waals surface area (Å²) in [6.45, 7) is 2.73. The smallest absolute Gasteiger partial charge is 0.490 e. The zero-order valence-electron chi connectivity index (χ0n) is 30.4. The largest absolute Gasteiger partial charge is 0.619 e. The van der Waals surface area contributed by atoms with E-state index in [1.165, 1.54) is 38.7 Å². The number of halogens is 6. The molecule has 3 aliphatic heterocycles. The van der Waals surface area contributed by atoms with Crippen molar-refractivity contribution in [2.24, 2.45) is 5.92 Å². The fourth-order valence-corrected chi connectivity index (χ4v) is 7.05. The Balaban J connectivity index is 0.000000811. The van der Waals surface area contributed by atoms with E-state index in [1.807, 2.05) is 0 Å². The average Bonchev–Trinajstić information content (AvgIpc) is 3.18. The second-order valence-electron chi connectivity index (χ2n) is 13.1. The third kappa shape index (κ3) is 11.2. The number of nitrogens with one attached hydrogen (secondary N) is 1. The van der Waals surface area contributed by atoms with E-state index in [0.29, 0.717) is 51.1 Å². The molecule has 12 nitrogen and oxygen atoms in total. The van der Waals surface area contributed by atoms with E-state index in [2.05, 4.69) is 10.2 Å². The lowest BCUT2D eigenvalue weighted by atomic mass is 9.86. The zero-order valence-corrected chi connectivity index (χ0v) is 31.9. The maximum Gasteiger partial charge on any atom is 0.490 e. The highest BCUT2D eigenvalue weighted by Gasteiger charge is 2.39. The lowest BCUT2D eigenvalue weighted by molar-refractivity contribution is -0.605. The molecule has 0 spiro atoms. The Kier molecular flexibility index (Phi) is 14.1. The highest BCUT2D eigenvalue weighted by Crippen LogP contribution is 2.36. The molecular weight excluding hydrogens is 801 g/mol. The standard InChI is InChI=1S/C37H36Cl2FN3O7.C2HF3O2/c1-47-31-12-7-25(17-33(31)48-2)32(18-28-29(38)19-43(46)20-30(28)39)49-36(44)24-5-10-27(11-6-24)41-35(23-3-8-26(40)9-4-23)37(45)50-34-21-42-15-13-22(34)14-16-42;3-2(4,5)1(6)7/h3-12,17,19-20,22,32,34-35,41H,13-16,18,21H2,1-2H3;(H,6,7)/t32?,34-,35?;/m0./s1. The van der Waals surface area contributed by atoms with Gasteiger partial charge in [0.2, 0.25) is 0 Å². The summed E-state index contributed by atoms with van der Waals surface area (Å²) in [6.07, 6.45) is -1.79. The molecule has 7 rings (SSSR count). The van der Waals surface area contributed by atoms with E-state index in [0.717, 1.165) is 25.9 Å². The molecule has 0 saturated carbocycles. The van der Waals surface area contributed by atoms with E-state index >= 15 is 0 Å². The molecule has 3 aliphatic rings. The van der Waals surface area contributed by atoms with Crippen molar-refractivity contribution in [3.8, 4) is 11.5 Å². The van der Waals surface area contributed by atoms with Crippen LogP contribution in [0.3, 0.4) is 0 Å². The Morgan fingerprint density at radius 1 is 0.930 bits per heavy atom. The minimum atomic E-state index is -5.08. The number of carbonyl (C=O) groups is 3. The fourth-order valence-electron chi connectivity index (χ4n) is 6.45. The Labute approximate surface area is 334 Å². The van der Waals surface area contributed by atoms with Crippen LogP contribution in [-0.2, 0) is 25.5 Å². The SMILES string of the molecule is COc1ccc(C(Cc2c(Cl)c[n+]([O-])cc2Cl)OC(=O)c2ccc(NC(C(=O)O[C@H]3CN4CCC3CC4)c3ccc(F)cc3)cc2)cc1OC.O=C(O)C(F)(F)F. The van der Waals surface area contributed by atoms with Crippen molar-refractivity contribution in [1.82, 2.24) is 4.90 Å². The highest BCUT2D eigenvalue weighted by atomic mass is 35.5. The first-order valence-corrected chi connectivity index (χ1v) is 18.2. The van der Waals surface area contributed by atoms with Gasteiger partial charge >= 0.3 is 24.1 Å². The lowest BCUT2D eigenvalue weighted by Gasteiger charge is -2.44. The van der Waals surface area contributed by atoms with Crippen molar-refractivity contribution < 1.29 is 60.7 Å². The summed E-state index contributed by atoms with van der Waals surface area (Å²) in [5.41, 5.74) is 2.30. The van der Waals surface area contributed by atoms with Crippen molar-refractivity contribution >= 4 is 46.8 Å². The maximum absolute atomic E-state index is 13.8. The predicted octanol–water partition coefficient (Wildman–Crippen LogP) is 7.35. The van der Waals surface area contributed by atoms with E-state index in [1.54, 1.807) is 54.6 Å². The summed E-state index contributed by atoms with van der Waals surface area (Å²) < 4.78 is 68.9. The molecule has 18 heteroatoms. The molecule has 3 aromatic carbocycles. The Morgan fingerprint density at radius 2 is 1.51 bits per heavy atom. The summed E-state index contributed by atoms with van der Waals surface area (Å²) in [5, 5.41) is 22.4. The van der Waals surface area contributed by atoms with Gasteiger partial charge in [0.05, 0.1) is 19.8 Å². The Morgan fingerprint density at radius 3 is 2.04 bits per heavy atom. The van der Waals surface area contributed by atoms with Gasteiger partial charge in [-0.15, -0.1) is 0 Å². The summed E-state index contributed by atoms with van der Waals surface area (Å²) in [5.74, 6) is -3.05. The average molecular weight is 839 g/mol. The fraction of sp³-hybridized carbons (Fsp3) is 0.333. The van der Waals surface area contributed by atoms with Gasteiger partial charge in [0.25, 0.3) is 0 Å². The van der Waals surface area contributed by atoms with Gasteiger partial charge in [-0.3, -0.25) is 4.90 Å².